The molecule has 0 spiro atoms. The van der Waals surface area contributed by atoms with Crippen molar-refractivity contribution >= 4 is 73.4 Å². The van der Waals surface area contributed by atoms with Crippen LogP contribution in [0.15, 0.2) is 59.7 Å². The topological polar surface area (TPSA) is 192 Å². The van der Waals surface area contributed by atoms with E-state index in [0.717, 1.165) is 21.5 Å². The minimum Gasteiger partial charge on any atom is -0.464 e. The number of para-hydroxylation sites is 1. The maximum atomic E-state index is 14.2. The molecule has 3 aromatic rings. The molecule has 69 heavy (non-hydrogen) atoms. The Morgan fingerprint density at radius 1 is 0.870 bits per heavy atom. The Bertz CT molecular complexity index is 2340. The summed E-state index contributed by atoms with van der Waals surface area (Å²) in [6.45, 7) is 39.4. The number of nitrogens with zero attached hydrogens (tertiary/aromatic N) is 3. The lowest BCUT2D eigenvalue weighted by molar-refractivity contribution is -0.157. The van der Waals surface area contributed by atoms with Crippen molar-refractivity contribution in [2.45, 2.75) is 179 Å². The van der Waals surface area contributed by atoms with Crippen LogP contribution in [-0.4, -0.2) is 114 Å². The fourth-order valence-corrected chi connectivity index (χ4v) is 10.6. The lowest BCUT2D eigenvalue weighted by Crippen LogP contribution is -2.55. The Morgan fingerprint density at radius 3 is 2.07 bits per heavy atom. The summed E-state index contributed by atoms with van der Waals surface area (Å²) in [5.41, 5.74) is 4.22. The molecular formula is C49H82N6O10Si4. The minimum atomic E-state index is -2.34. The molecule has 4 atom stereocenters. The molecule has 384 valence electrons. The number of amides is 3. The van der Waals surface area contributed by atoms with Crippen LogP contribution in [0.4, 0.5) is 10.6 Å². The third kappa shape index (κ3) is 16.4. The summed E-state index contributed by atoms with van der Waals surface area (Å²) in [5.74, 6) is -1.95. The molecule has 0 aliphatic carbocycles. The van der Waals surface area contributed by atoms with Crippen molar-refractivity contribution in [3.63, 3.8) is 0 Å². The number of carbonyl (C=O) groups is 4. The number of H-pyrrole nitrogens is 1. The zero-order valence-corrected chi connectivity index (χ0v) is 48.3. The number of hydrogen-bond acceptors (Lipinski definition) is 11. The number of benzene rings is 1. The summed E-state index contributed by atoms with van der Waals surface area (Å²) in [6.07, 6.45) is 0.143. The van der Waals surface area contributed by atoms with Gasteiger partial charge in [-0.05, 0) is 78.9 Å². The van der Waals surface area contributed by atoms with Gasteiger partial charge in [-0.25, -0.2) is 24.8 Å². The Hall–Kier alpha value is -4.19. The summed E-state index contributed by atoms with van der Waals surface area (Å²) in [5, 5.41) is 4.44. The summed E-state index contributed by atoms with van der Waals surface area (Å²) in [7, 11) is -7.75. The fourth-order valence-electron chi connectivity index (χ4n) is 6.86. The highest BCUT2D eigenvalue weighted by molar-refractivity contribution is 6.76. The van der Waals surface area contributed by atoms with Crippen LogP contribution < -0.4 is 16.4 Å². The van der Waals surface area contributed by atoms with Gasteiger partial charge in [-0.15, -0.1) is 0 Å². The Kier molecular flexibility index (Phi) is 19.1. The van der Waals surface area contributed by atoms with E-state index in [0.29, 0.717) is 24.1 Å². The fraction of sp³-hybridized carbons (Fsp3) is 0.633. The van der Waals surface area contributed by atoms with Crippen LogP contribution in [0.3, 0.4) is 0 Å². The summed E-state index contributed by atoms with van der Waals surface area (Å²) < 4.78 is 32.7. The number of anilines is 1. The van der Waals surface area contributed by atoms with E-state index in [1.165, 1.54) is 16.8 Å². The SMILES string of the molecule is C=C1C(n2ccc(NC(=O)CC[C@H](C(=O)OCC[Si](C)(C)C)N(NC(=O)OCC[Si](C)(C)C)C(=O)CCc3c[nH]c4ccccc34)nc2=O)O[C@H](CO[Si](C)(C)C(C)(C)C)[C@H]1O[Si](C)(C)C(C)(C)C. The number of aromatic nitrogens is 3. The summed E-state index contributed by atoms with van der Waals surface area (Å²) >= 11 is 0. The molecule has 1 unspecified atom stereocenters. The number of carbonyl (C=O) groups excluding carboxylic acids is 4. The van der Waals surface area contributed by atoms with Crippen molar-refractivity contribution < 1.29 is 42.2 Å². The molecule has 0 bridgehead atoms. The molecule has 1 saturated heterocycles. The highest BCUT2D eigenvalue weighted by Crippen LogP contribution is 2.44. The van der Waals surface area contributed by atoms with Crippen molar-refractivity contribution in [1.82, 2.24) is 25.0 Å². The summed E-state index contributed by atoms with van der Waals surface area (Å²) in [6, 6.07) is 9.17. The summed E-state index contributed by atoms with van der Waals surface area (Å²) in [4.78, 5) is 76.4. The van der Waals surface area contributed by atoms with Crippen molar-refractivity contribution in [3.05, 3.63) is 70.9 Å². The molecule has 4 rings (SSSR count). The number of esters is 1. The molecule has 2 aromatic heterocycles. The first-order valence-corrected chi connectivity index (χ1v) is 37.4. The monoisotopic (exact) mass is 1030 g/mol. The van der Waals surface area contributed by atoms with E-state index in [9.17, 15) is 24.0 Å². The lowest BCUT2D eigenvalue weighted by Gasteiger charge is -2.40. The quantitative estimate of drug-likeness (QED) is 0.0398. The third-order valence-electron chi connectivity index (χ3n) is 13.5. The smallest absolute Gasteiger partial charge is 0.426 e. The van der Waals surface area contributed by atoms with E-state index in [-0.39, 0.29) is 55.0 Å². The lowest BCUT2D eigenvalue weighted by atomic mass is 10.1. The van der Waals surface area contributed by atoms with Gasteiger partial charge in [0.2, 0.25) is 11.8 Å². The van der Waals surface area contributed by atoms with E-state index in [4.69, 9.17) is 23.1 Å². The van der Waals surface area contributed by atoms with E-state index in [2.05, 4.69) is 134 Å². The maximum Gasteiger partial charge on any atom is 0.426 e. The van der Waals surface area contributed by atoms with Gasteiger partial charge in [0.05, 0.1) is 25.9 Å². The second-order valence-electron chi connectivity index (χ2n) is 23.7. The van der Waals surface area contributed by atoms with Crippen molar-refractivity contribution in [2.24, 2.45) is 0 Å². The van der Waals surface area contributed by atoms with Crippen molar-refractivity contribution in [2.75, 3.05) is 25.1 Å². The molecule has 3 amide bonds. The van der Waals surface area contributed by atoms with E-state index in [1.807, 2.05) is 30.5 Å². The van der Waals surface area contributed by atoms with Gasteiger partial charge < -0.3 is 33.4 Å². The highest BCUT2D eigenvalue weighted by Gasteiger charge is 2.49. The number of aryl methyl sites for hydroxylation is 1. The Morgan fingerprint density at radius 2 is 1.48 bits per heavy atom. The van der Waals surface area contributed by atoms with Gasteiger partial charge in [0.15, 0.2) is 28.9 Å². The average molecular weight is 1030 g/mol. The van der Waals surface area contributed by atoms with Crippen LogP contribution in [0.2, 0.25) is 87.6 Å². The molecule has 0 saturated carbocycles. The van der Waals surface area contributed by atoms with Crippen molar-refractivity contribution in [1.29, 1.82) is 0 Å². The molecule has 1 aliphatic heterocycles. The first kappa shape index (κ1) is 57.4. The Balaban J connectivity index is 1.56. The zero-order chi connectivity index (χ0) is 51.9. The van der Waals surface area contributed by atoms with Gasteiger partial charge in [0.1, 0.15) is 11.9 Å². The minimum absolute atomic E-state index is 0.0261. The molecule has 1 aliphatic rings. The first-order valence-electron chi connectivity index (χ1n) is 24.2. The normalized spacial score (nSPS) is 17.7. The van der Waals surface area contributed by atoms with Gasteiger partial charge in [-0.2, -0.15) is 4.98 Å². The highest BCUT2D eigenvalue weighted by atomic mass is 28.4. The number of hydrogen-bond donors (Lipinski definition) is 3. The zero-order valence-electron chi connectivity index (χ0n) is 44.3. The maximum absolute atomic E-state index is 14.2. The number of aromatic amines is 1. The molecule has 16 nitrogen and oxygen atoms in total. The number of nitrogens with one attached hydrogen (secondary N) is 3. The standard InChI is InChI=1S/C49H82N6O10Si4/c1-34-43(65-69(16,17)49(5,6)7)39(33-63-68(14,15)48(2,3)4)64-44(34)54-27-26-40(52-46(54)59)51-41(56)24-23-38(45(58)61-28-30-66(8,9)10)55(53-47(60)62-29-31-67(11,12)13)42(57)25-22-35-32-50-37-21-19-18-20-36(35)37/h18-21,26-27,32,38-39,43-44,50H,1,22-25,28-31,33H2,2-17H3,(H,53,60)(H,51,52,56,59)/t38-,39-,43+,44?/m1/s1. The number of rotatable bonds is 21. The number of ether oxygens (including phenoxy) is 3. The molecule has 1 fully saturated rings. The van der Waals surface area contributed by atoms with Crippen LogP contribution in [0.25, 0.3) is 10.9 Å². The van der Waals surface area contributed by atoms with Gasteiger partial charge in [0.25, 0.3) is 0 Å². The third-order valence-corrected chi connectivity index (χ3v) is 25.9. The molecule has 0 radical (unpaired) electrons. The number of fused-ring (bicyclic) bond motifs is 1. The predicted octanol–water partition coefficient (Wildman–Crippen LogP) is 10.00. The average Bonchev–Trinajstić information content (AvgIpc) is 3.76. The predicted molar refractivity (Wildman–Crippen MR) is 284 cm³/mol. The van der Waals surface area contributed by atoms with Crippen LogP contribution >= 0.6 is 0 Å². The molecule has 20 heteroatoms. The molecular weight excluding hydrogens is 945 g/mol. The van der Waals surface area contributed by atoms with E-state index in [1.54, 1.807) is 0 Å². The van der Waals surface area contributed by atoms with Gasteiger partial charge >= 0.3 is 17.8 Å². The largest absolute Gasteiger partial charge is 0.464 e. The number of hydrazine groups is 1. The van der Waals surface area contributed by atoms with Gasteiger partial charge in [0, 0.05) is 57.9 Å². The second kappa shape index (κ2) is 22.9. The van der Waals surface area contributed by atoms with E-state index < -0.39 is 86.8 Å². The van der Waals surface area contributed by atoms with Crippen LogP contribution in [0.1, 0.15) is 72.6 Å². The van der Waals surface area contributed by atoms with Gasteiger partial charge in [-0.1, -0.05) is 106 Å². The molecule has 1 aromatic carbocycles. The van der Waals surface area contributed by atoms with Crippen molar-refractivity contribution in [3.8, 4) is 0 Å². The Labute approximate surface area is 414 Å². The van der Waals surface area contributed by atoms with E-state index >= 15 is 0 Å². The van der Waals surface area contributed by atoms with Crippen LogP contribution in [0.5, 0.6) is 0 Å². The second-order valence-corrected chi connectivity index (χ2v) is 44.5. The molecule has 3 N–H and O–H groups in total. The first-order chi connectivity index (χ1) is 31.7. The van der Waals surface area contributed by atoms with Crippen LogP contribution in [-0.2, 0) is 43.9 Å². The molecule has 3 heterocycles. The van der Waals surface area contributed by atoms with Gasteiger partial charge in [-0.3, -0.25) is 14.2 Å². The van der Waals surface area contributed by atoms with Crippen LogP contribution in [0, 0.1) is 0 Å².